The lowest BCUT2D eigenvalue weighted by Gasteiger charge is -2.06. The van der Waals surface area contributed by atoms with Gasteiger partial charge in [-0.1, -0.05) is 30.3 Å². The SMILES string of the molecule is O=C(Oc1ccc2ccccc2c1)c1ccc(Br)c([N+](=O)[O-])c1. The van der Waals surface area contributed by atoms with Gasteiger partial charge in [-0.15, -0.1) is 0 Å². The Kier molecular flexibility index (Phi) is 4.08. The molecule has 0 heterocycles. The van der Waals surface area contributed by atoms with Crippen LogP contribution in [0.5, 0.6) is 5.75 Å². The van der Waals surface area contributed by atoms with Crippen molar-refractivity contribution >= 4 is 38.4 Å². The minimum absolute atomic E-state index is 0.119. The molecule has 6 heteroatoms. The molecule has 5 nitrogen and oxygen atoms in total. The fraction of sp³-hybridized carbons (Fsp3) is 0. The second kappa shape index (κ2) is 6.18. The number of carbonyl (C=O) groups is 1. The summed E-state index contributed by atoms with van der Waals surface area (Å²) in [6, 6.07) is 17.1. The van der Waals surface area contributed by atoms with Crippen LogP contribution in [0.15, 0.2) is 65.1 Å². The molecule has 0 radical (unpaired) electrons. The molecule has 0 saturated carbocycles. The first-order valence-corrected chi connectivity index (χ1v) is 7.49. The Balaban J connectivity index is 1.88. The molecule has 0 aromatic heterocycles. The summed E-state index contributed by atoms with van der Waals surface area (Å²) in [4.78, 5) is 22.5. The lowest BCUT2D eigenvalue weighted by atomic mass is 10.1. The van der Waals surface area contributed by atoms with Crippen LogP contribution in [-0.2, 0) is 0 Å². The highest BCUT2D eigenvalue weighted by molar-refractivity contribution is 9.10. The van der Waals surface area contributed by atoms with E-state index in [2.05, 4.69) is 15.9 Å². The van der Waals surface area contributed by atoms with Crippen LogP contribution in [0.3, 0.4) is 0 Å². The number of hydrogen-bond acceptors (Lipinski definition) is 4. The van der Waals surface area contributed by atoms with Crippen molar-refractivity contribution in [2.45, 2.75) is 0 Å². The first-order chi connectivity index (χ1) is 11.0. The van der Waals surface area contributed by atoms with Gasteiger partial charge in [0.1, 0.15) is 5.75 Å². The van der Waals surface area contributed by atoms with Crippen molar-refractivity contribution in [1.29, 1.82) is 0 Å². The zero-order chi connectivity index (χ0) is 16.4. The molecule has 0 aliphatic heterocycles. The Labute approximate surface area is 139 Å². The number of hydrogen-bond donors (Lipinski definition) is 0. The van der Waals surface area contributed by atoms with E-state index in [-0.39, 0.29) is 11.3 Å². The van der Waals surface area contributed by atoms with Crippen molar-refractivity contribution in [2.75, 3.05) is 0 Å². The predicted octanol–water partition coefficient (Wildman–Crippen LogP) is 4.73. The van der Waals surface area contributed by atoms with E-state index in [9.17, 15) is 14.9 Å². The van der Waals surface area contributed by atoms with Crippen LogP contribution in [0.25, 0.3) is 10.8 Å². The molecule has 0 aliphatic rings. The molecule has 0 spiro atoms. The average molecular weight is 372 g/mol. The largest absolute Gasteiger partial charge is 0.423 e. The van der Waals surface area contributed by atoms with Crippen molar-refractivity contribution in [2.24, 2.45) is 0 Å². The zero-order valence-corrected chi connectivity index (χ0v) is 13.3. The molecule has 0 bridgehead atoms. The third-order valence-electron chi connectivity index (χ3n) is 3.31. The number of nitro benzene ring substituents is 1. The van der Waals surface area contributed by atoms with Crippen molar-refractivity contribution < 1.29 is 14.5 Å². The van der Waals surface area contributed by atoms with Gasteiger partial charge in [0.15, 0.2) is 0 Å². The third-order valence-corrected chi connectivity index (χ3v) is 3.98. The maximum atomic E-state index is 12.2. The van der Waals surface area contributed by atoms with Gasteiger partial charge in [0.2, 0.25) is 0 Å². The lowest BCUT2D eigenvalue weighted by Crippen LogP contribution is -2.09. The maximum Gasteiger partial charge on any atom is 0.343 e. The highest BCUT2D eigenvalue weighted by atomic mass is 79.9. The van der Waals surface area contributed by atoms with Gasteiger partial charge in [-0.05, 0) is 51.0 Å². The summed E-state index contributed by atoms with van der Waals surface area (Å²) in [6.07, 6.45) is 0. The van der Waals surface area contributed by atoms with E-state index in [0.717, 1.165) is 10.8 Å². The molecule has 3 aromatic carbocycles. The Morgan fingerprint density at radius 2 is 1.74 bits per heavy atom. The van der Waals surface area contributed by atoms with Crippen LogP contribution >= 0.6 is 15.9 Å². The first-order valence-electron chi connectivity index (χ1n) is 6.69. The fourth-order valence-corrected chi connectivity index (χ4v) is 2.57. The second-order valence-corrected chi connectivity index (χ2v) is 5.68. The summed E-state index contributed by atoms with van der Waals surface area (Å²) in [5, 5.41) is 12.9. The fourth-order valence-electron chi connectivity index (χ4n) is 2.18. The number of carbonyl (C=O) groups excluding carboxylic acids is 1. The van der Waals surface area contributed by atoms with E-state index in [0.29, 0.717) is 10.2 Å². The molecule has 0 unspecified atom stereocenters. The number of nitrogens with zero attached hydrogens (tertiary/aromatic N) is 1. The van der Waals surface area contributed by atoms with Gasteiger partial charge in [0, 0.05) is 6.07 Å². The van der Waals surface area contributed by atoms with Crippen LogP contribution in [0.2, 0.25) is 0 Å². The summed E-state index contributed by atoms with van der Waals surface area (Å²) < 4.78 is 5.62. The van der Waals surface area contributed by atoms with Gasteiger partial charge < -0.3 is 4.74 Å². The Morgan fingerprint density at radius 1 is 1.00 bits per heavy atom. The van der Waals surface area contributed by atoms with Gasteiger partial charge in [-0.2, -0.15) is 0 Å². The second-order valence-electron chi connectivity index (χ2n) is 4.82. The highest BCUT2D eigenvalue weighted by Crippen LogP contribution is 2.27. The Morgan fingerprint density at radius 3 is 2.48 bits per heavy atom. The number of esters is 1. The van der Waals surface area contributed by atoms with Gasteiger partial charge in [0.05, 0.1) is 15.0 Å². The van der Waals surface area contributed by atoms with Gasteiger partial charge in [-0.3, -0.25) is 10.1 Å². The summed E-state index contributed by atoms with van der Waals surface area (Å²) in [5.41, 5.74) is -0.0639. The highest BCUT2D eigenvalue weighted by Gasteiger charge is 2.17. The Bertz CT molecular complexity index is 923. The number of nitro groups is 1. The first kappa shape index (κ1) is 15.2. The maximum absolute atomic E-state index is 12.2. The van der Waals surface area contributed by atoms with Crippen molar-refractivity contribution in [3.8, 4) is 5.75 Å². The third kappa shape index (κ3) is 3.22. The summed E-state index contributed by atoms with van der Waals surface area (Å²) in [5.74, 6) is -0.254. The molecule has 0 amide bonds. The number of rotatable bonds is 3. The molecule has 114 valence electrons. The molecule has 0 fully saturated rings. The standard InChI is InChI=1S/C17H10BrNO4/c18-15-8-6-13(10-16(15)19(21)22)17(20)23-14-7-5-11-3-1-2-4-12(11)9-14/h1-10H. The van der Waals surface area contributed by atoms with E-state index in [1.807, 2.05) is 30.3 Å². The molecular weight excluding hydrogens is 362 g/mol. The van der Waals surface area contributed by atoms with Gasteiger partial charge >= 0.3 is 5.97 Å². The van der Waals surface area contributed by atoms with E-state index in [4.69, 9.17) is 4.74 Å². The summed E-state index contributed by atoms with van der Waals surface area (Å²) in [6.45, 7) is 0. The van der Waals surface area contributed by atoms with E-state index in [1.54, 1.807) is 12.1 Å². The average Bonchev–Trinajstić information content (AvgIpc) is 2.54. The van der Waals surface area contributed by atoms with Crippen LogP contribution in [-0.4, -0.2) is 10.9 Å². The van der Waals surface area contributed by atoms with Crippen molar-refractivity contribution in [3.05, 3.63) is 80.8 Å². The molecule has 0 atom stereocenters. The van der Waals surface area contributed by atoms with Crippen LogP contribution in [0.4, 0.5) is 5.69 Å². The van der Waals surface area contributed by atoms with E-state index < -0.39 is 10.9 Å². The quantitative estimate of drug-likeness (QED) is 0.289. The van der Waals surface area contributed by atoms with Crippen molar-refractivity contribution in [1.82, 2.24) is 0 Å². The van der Waals surface area contributed by atoms with Crippen molar-refractivity contribution in [3.63, 3.8) is 0 Å². The molecule has 0 N–H and O–H groups in total. The van der Waals surface area contributed by atoms with Crippen LogP contribution in [0, 0.1) is 10.1 Å². The number of fused-ring (bicyclic) bond motifs is 1. The molecule has 0 saturated heterocycles. The van der Waals surface area contributed by atoms with Crippen LogP contribution in [0.1, 0.15) is 10.4 Å². The summed E-state index contributed by atoms with van der Waals surface area (Å²) >= 11 is 3.08. The minimum Gasteiger partial charge on any atom is -0.423 e. The topological polar surface area (TPSA) is 69.4 Å². The predicted molar refractivity (Wildman–Crippen MR) is 89.7 cm³/mol. The van der Waals surface area contributed by atoms with Crippen LogP contribution < -0.4 is 4.74 Å². The monoisotopic (exact) mass is 371 g/mol. The minimum atomic E-state index is -0.643. The lowest BCUT2D eigenvalue weighted by molar-refractivity contribution is -0.385. The Hall–Kier alpha value is -2.73. The smallest absolute Gasteiger partial charge is 0.343 e. The normalized spacial score (nSPS) is 10.5. The molecule has 0 aliphatic carbocycles. The van der Waals surface area contributed by atoms with Gasteiger partial charge in [0.25, 0.3) is 5.69 Å². The van der Waals surface area contributed by atoms with E-state index in [1.165, 1.54) is 18.2 Å². The number of benzene rings is 3. The number of halogens is 1. The van der Waals surface area contributed by atoms with E-state index >= 15 is 0 Å². The zero-order valence-electron chi connectivity index (χ0n) is 11.7. The molecule has 3 rings (SSSR count). The molecular formula is C17H10BrNO4. The molecule has 3 aromatic rings. The van der Waals surface area contributed by atoms with Gasteiger partial charge in [-0.25, -0.2) is 4.79 Å². The molecule has 23 heavy (non-hydrogen) atoms. The number of ether oxygens (including phenoxy) is 1. The summed E-state index contributed by atoms with van der Waals surface area (Å²) in [7, 11) is 0.